The molecule has 1 aliphatic heterocycles. The van der Waals surface area contributed by atoms with Gasteiger partial charge in [0.25, 0.3) is 5.91 Å². The third kappa shape index (κ3) is 4.47. The highest BCUT2D eigenvalue weighted by Gasteiger charge is 2.39. The minimum absolute atomic E-state index is 0.0609. The molecule has 3 heterocycles. The van der Waals surface area contributed by atoms with E-state index in [4.69, 9.17) is 5.73 Å². The van der Waals surface area contributed by atoms with Crippen molar-refractivity contribution in [2.24, 2.45) is 17.6 Å². The summed E-state index contributed by atoms with van der Waals surface area (Å²) in [5.74, 6) is -0.0162. The number of primary amides is 1. The minimum atomic E-state index is -0.655. The van der Waals surface area contributed by atoms with Crippen molar-refractivity contribution >= 4 is 28.6 Å². The molecular weight excluding hydrogens is 408 g/mol. The van der Waals surface area contributed by atoms with E-state index in [0.717, 1.165) is 25.7 Å². The zero-order valence-electron chi connectivity index (χ0n) is 18.8. The number of carbonyl (C=O) groups is 3. The van der Waals surface area contributed by atoms with E-state index in [1.807, 2.05) is 0 Å². The molecule has 0 radical (unpaired) electrons. The summed E-state index contributed by atoms with van der Waals surface area (Å²) in [4.78, 5) is 43.9. The van der Waals surface area contributed by atoms with E-state index in [1.54, 1.807) is 23.4 Å². The van der Waals surface area contributed by atoms with Crippen LogP contribution in [0.5, 0.6) is 0 Å². The van der Waals surface area contributed by atoms with Crippen LogP contribution in [0.4, 0.5) is 0 Å². The Morgan fingerprint density at radius 2 is 2.06 bits per heavy atom. The summed E-state index contributed by atoms with van der Waals surface area (Å²) in [5.41, 5.74) is 6.13. The van der Waals surface area contributed by atoms with E-state index in [2.05, 4.69) is 29.2 Å². The van der Waals surface area contributed by atoms with Gasteiger partial charge in [0.15, 0.2) is 5.69 Å². The molecule has 9 heteroatoms. The Hall–Kier alpha value is -2.97. The molecule has 9 nitrogen and oxygen atoms in total. The van der Waals surface area contributed by atoms with Crippen LogP contribution in [0.15, 0.2) is 18.5 Å². The van der Waals surface area contributed by atoms with Gasteiger partial charge in [0.05, 0.1) is 11.7 Å². The Morgan fingerprint density at radius 1 is 1.25 bits per heavy atom. The van der Waals surface area contributed by atoms with Crippen LogP contribution in [0.2, 0.25) is 0 Å². The third-order valence-corrected chi connectivity index (χ3v) is 6.91. The number of nitrogens with zero attached hydrogens (tertiary/aromatic N) is 4. The van der Waals surface area contributed by atoms with Gasteiger partial charge in [-0.1, -0.05) is 33.1 Å². The van der Waals surface area contributed by atoms with E-state index < -0.39 is 11.9 Å². The van der Waals surface area contributed by atoms with Crippen LogP contribution in [0.1, 0.15) is 62.9 Å². The Balaban J connectivity index is 1.48. The number of rotatable bonds is 6. The first-order chi connectivity index (χ1) is 15.4. The number of fused-ring (bicyclic) bond motifs is 1. The molecule has 0 unspecified atom stereocenters. The van der Waals surface area contributed by atoms with Gasteiger partial charge in [0.2, 0.25) is 11.8 Å². The molecule has 2 fully saturated rings. The van der Waals surface area contributed by atoms with Crippen LogP contribution in [0.25, 0.3) is 10.9 Å². The van der Waals surface area contributed by atoms with Gasteiger partial charge in [-0.25, -0.2) is 0 Å². The van der Waals surface area contributed by atoms with Crippen molar-refractivity contribution in [2.75, 3.05) is 6.54 Å². The second kappa shape index (κ2) is 9.26. The molecule has 1 aliphatic carbocycles. The molecule has 3 amide bonds. The first-order valence-corrected chi connectivity index (χ1v) is 11.6. The predicted octanol–water partition coefficient (Wildman–Crippen LogP) is 1.85. The molecule has 1 saturated heterocycles. The number of amides is 3. The van der Waals surface area contributed by atoms with Crippen molar-refractivity contribution < 1.29 is 14.4 Å². The molecule has 0 aromatic carbocycles. The summed E-state index contributed by atoms with van der Waals surface area (Å²) in [6.07, 6.45) is 9.28. The SMILES string of the molecule is CC[C@H]1CCC[C@@H](NC(=O)[C@@H]2C[C@@H](C)CN2C(=O)Cn2nc(C(N)=O)c3ccncc32)C1. The van der Waals surface area contributed by atoms with Gasteiger partial charge in [-0.15, -0.1) is 0 Å². The molecule has 3 N–H and O–H groups in total. The van der Waals surface area contributed by atoms with Gasteiger partial charge in [-0.3, -0.25) is 24.0 Å². The Kier molecular flexibility index (Phi) is 6.43. The number of carbonyl (C=O) groups excluding carboxylic acids is 3. The van der Waals surface area contributed by atoms with E-state index in [0.29, 0.717) is 29.8 Å². The number of nitrogens with one attached hydrogen (secondary N) is 1. The first kappa shape index (κ1) is 22.2. The standard InChI is InChI=1S/C23H32N6O3/c1-3-15-5-4-6-16(10-15)26-23(32)18-9-14(2)12-28(18)20(30)13-29-19-11-25-8-7-17(19)21(27-29)22(24)31/h7-8,11,14-16,18H,3-6,9-10,12-13H2,1-2H3,(H2,24,31)(H,26,32)/t14-,15+,16-,18+/m1/s1. The van der Waals surface area contributed by atoms with Gasteiger partial charge in [-0.2, -0.15) is 5.10 Å². The smallest absolute Gasteiger partial charge is 0.269 e. The van der Waals surface area contributed by atoms with Crippen LogP contribution in [-0.2, 0) is 16.1 Å². The average molecular weight is 441 g/mol. The zero-order valence-corrected chi connectivity index (χ0v) is 18.8. The Morgan fingerprint density at radius 3 is 2.81 bits per heavy atom. The average Bonchev–Trinajstić information content (AvgIpc) is 3.35. The van der Waals surface area contributed by atoms with E-state index in [1.165, 1.54) is 11.1 Å². The van der Waals surface area contributed by atoms with Crippen molar-refractivity contribution in [3.05, 3.63) is 24.2 Å². The summed E-state index contributed by atoms with van der Waals surface area (Å²) >= 11 is 0. The quantitative estimate of drug-likeness (QED) is 0.710. The summed E-state index contributed by atoms with van der Waals surface area (Å²) in [6, 6.07) is 1.37. The Labute approximate surface area is 187 Å². The normalized spacial score (nSPS) is 25.8. The van der Waals surface area contributed by atoms with Gasteiger partial charge in [0, 0.05) is 24.2 Å². The van der Waals surface area contributed by atoms with Crippen molar-refractivity contribution in [3.8, 4) is 0 Å². The molecule has 172 valence electrons. The molecule has 4 rings (SSSR count). The highest BCUT2D eigenvalue weighted by molar-refractivity contribution is 6.04. The lowest BCUT2D eigenvalue weighted by Gasteiger charge is -2.31. The number of likely N-dealkylation sites (tertiary alicyclic amines) is 1. The molecule has 1 saturated carbocycles. The molecule has 2 aliphatic rings. The van der Waals surface area contributed by atoms with E-state index >= 15 is 0 Å². The molecular formula is C23H32N6O3. The second-order valence-electron chi connectivity index (χ2n) is 9.31. The van der Waals surface area contributed by atoms with Gasteiger partial charge < -0.3 is 16.0 Å². The van der Waals surface area contributed by atoms with Gasteiger partial charge in [-0.05, 0) is 37.2 Å². The topological polar surface area (TPSA) is 123 Å². The third-order valence-electron chi connectivity index (χ3n) is 6.91. The Bertz CT molecular complexity index is 1020. The molecule has 2 aromatic rings. The largest absolute Gasteiger partial charge is 0.364 e. The van der Waals surface area contributed by atoms with Crippen LogP contribution in [-0.4, -0.2) is 56.0 Å². The van der Waals surface area contributed by atoms with Crippen molar-refractivity contribution in [1.29, 1.82) is 0 Å². The monoisotopic (exact) mass is 440 g/mol. The number of pyridine rings is 1. The number of hydrogen-bond donors (Lipinski definition) is 2. The number of hydrogen-bond acceptors (Lipinski definition) is 5. The van der Waals surface area contributed by atoms with Crippen LogP contribution in [0.3, 0.4) is 0 Å². The zero-order chi connectivity index (χ0) is 22.8. The second-order valence-corrected chi connectivity index (χ2v) is 9.31. The minimum Gasteiger partial charge on any atom is -0.364 e. The van der Waals surface area contributed by atoms with Gasteiger partial charge >= 0.3 is 0 Å². The highest BCUT2D eigenvalue weighted by atomic mass is 16.2. The first-order valence-electron chi connectivity index (χ1n) is 11.6. The van der Waals surface area contributed by atoms with Crippen molar-refractivity contribution in [1.82, 2.24) is 25.0 Å². The highest BCUT2D eigenvalue weighted by Crippen LogP contribution is 2.28. The maximum absolute atomic E-state index is 13.2. The van der Waals surface area contributed by atoms with E-state index in [9.17, 15) is 14.4 Å². The van der Waals surface area contributed by atoms with Crippen LogP contribution < -0.4 is 11.1 Å². The number of aromatic nitrogens is 3. The maximum Gasteiger partial charge on any atom is 0.269 e. The number of nitrogens with two attached hydrogens (primary N) is 1. The molecule has 2 aromatic heterocycles. The summed E-state index contributed by atoms with van der Waals surface area (Å²) < 4.78 is 1.45. The molecule has 0 spiro atoms. The molecule has 0 bridgehead atoms. The molecule has 32 heavy (non-hydrogen) atoms. The lowest BCUT2D eigenvalue weighted by molar-refractivity contribution is -0.139. The molecule has 4 atom stereocenters. The lowest BCUT2D eigenvalue weighted by atomic mass is 9.84. The summed E-state index contributed by atoms with van der Waals surface area (Å²) in [7, 11) is 0. The fraction of sp³-hybridized carbons (Fsp3) is 0.609. The fourth-order valence-electron chi connectivity index (χ4n) is 5.20. The van der Waals surface area contributed by atoms with Crippen molar-refractivity contribution in [2.45, 2.75) is 71.0 Å². The maximum atomic E-state index is 13.2. The summed E-state index contributed by atoms with van der Waals surface area (Å²) in [6.45, 7) is 4.71. The summed E-state index contributed by atoms with van der Waals surface area (Å²) in [5, 5.41) is 8.03. The van der Waals surface area contributed by atoms with Crippen molar-refractivity contribution in [3.63, 3.8) is 0 Å². The fourth-order valence-corrected chi connectivity index (χ4v) is 5.20. The van der Waals surface area contributed by atoms with E-state index in [-0.39, 0.29) is 36.0 Å². The predicted molar refractivity (Wildman–Crippen MR) is 120 cm³/mol. The van der Waals surface area contributed by atoms with Crippen LogP contribution in [0, 0.1) is 11.8 Å². The lowest BCUT2D eigenvalue weighted by Crippen LogP contribution is -2.50. The van der Waals surface area contributed by atoms with Gasteiger partial charge in [0.1, 0.15) is 12.6 Å². The van der Waals surface area contributed by atoms with Crippen LogP contribution >= 0.6 is 0 Å².